The molecule has 0 spiro atoms. The largest absolute Gasteiger partial charge is 0.449 e. The van der Waals surface area contributed by atoms with Crippen LogP contribution >= 0.6 is 0 Å². The van der Waals surface area contributed by atoms with E-state index in [1.807, 2.05) is 6.07 Å². The molecule has 0 saturated carbocycles. The van der Waals surface area contributed by atoms with Gasteiger partial charge in [-0.25, -0.2) is 4.79 Å². The van der Waals surface area contributed by atoms with Crippen molar-refractivity contribution >= 4 is 29.2 Å². The molecule has 2 aromatic carbocycles. The van der Waals surface area contributed by atoms with Gasteiger partial charge in [-0.1, -0.05) is 31.2 Å². The zero-order valence-electron chi connectivity index (χ0n) is 14.1. The molecule has 25 heavy (non-hydrogen) atoms. The number of amides is 2. The highest BCUT2D eigenvalue weighted by molar-refractivity contribution is 5.98. The van der Waals surface area contributed by atoms with Crippen LogP contribution in [0.4, 0.5) is 11.4 Å². The Labute approximate surface area is 146 Å². The van der Waals surface area contributed by atoms with Gasteiger partial charge in [-0.15, -0.1) is 0 Å². The van der Waals surface area contributed by atoms with Gasteiger partial charge in [-0.2, -0.15) is 0 Å². The predicted octanol–water partition coefficient (Wildman–Crippen LogP) is 3.22. The first kappa shape index (κ1) is 18.2. The third-order valence-electron chi connectivity index (χ3n) is 3.37. The quantitative estimate of drug-likeness (QED) is 0.791. The number of ether oxygens (including phenoxy) is 1. The monoisotopic (exact) mass is 340 g/mol. The van der Waals surface area contributed by atoms with Crippen molar-refractivity contribution in [3.05, 3.63) is 60.2 Å². The third kappa shape index (κ3) is 5.46. The number of rotatable bonds is 6. The highest BCUT2D eigenvalue weighted by Crippen LogP contribution is 2.14. The highest BCUT2D eigenvalue weighted by atomic mass is 16.5. The topological polar surface area (TPSA) is 84.5 Å². The minimum absolute atomic E-state index is 0.237. The van der Waals surface area contributed by atoms with E-state index in [1.165, 1.54) is 13.0 Å². The van der Waals surface area contributed by atoms with Gasteiger partial charge in [0.2, 0.25) is 5.91 Å². The van der Waals surface area contributed by atoms with Gasteiger partial charge < -0.3 is 15.4 Å². The number of carbonyl (C=O) groups excluding carboxylic acids is 3. The summed E-state index contributed by atoms with van der Waals surface area (Å²) in [6.07, 6.45) is -0.562. The van der Waals surface area contributed by atoms with Gasteiger partial charge in [-0.3, -0.25) is 9.59 Å². The van der Waals surface area contributed by atoms with E-state index >= 15 is 0 Å². The summed E-state index contributed by atoms with van der Waals surface area (Å²) < 4.78 is 5.32. The summed E-state index contributed by atoms with van der Waals surface area (Å²) in [6.45, 7) is 3.14. The molecule has 2 aromatic rings. The summed E-state index contributed by atoms with van der Waals surface area (Å²) in [7, 11) is 0. The van der Waals surface area contributed by atoms with E-state index < -0.39 is 12.1 Å². The van der Waals surface area contributed by atoms with Crippen molar-refractivity contribution in [2.24, 2.45) is 0 Å². The zero-order valence-corrected chi connectivity index (χ0v) is 14.1. The SMILES string of the molecule is CC[C@@H](OC(=O)c1cccc(NC(C)=O)c1)C(=O)Nc1ccccc1. The Hall–Kier alpha value is -3.15. The lowest BCUT2D eigenvalue weighted by Crippen LogP contribution is -2.32. The van der Waals surface area contributed by atoms with Crippen molar-refractivity contribution < 1.29 is 19.1 Å². The van der Waals surface area contributed by atoms with Crippen molar-refractivity contribution in [3.8, 4) is 0 Å². The van der Waals surface area contributed by atoms with E-state index in [9.17, 15) is 14.4 Å². The molecule has 130 valence electrons. The molecule has 0 unspecified atom stereocenters. The van der Waals surface area contributed by atoms with Crippen LogP contribution in [0.25, 0.3) is 0 Å². The Morgan fingerprint density at radius 1 is 0.960 bits per heavy atom. The fourth-order valence-corrected chi connectivity index (χ4v) is 2.19. The Morgan fingerprint density at radius 2 is 1.64 bits per heavy atom. The van der Waals surface area contributed by atoms with Crippen molar-refractivity contribution in [3.63, 3.8) is 0 Å². The van der Waals surface area contributed by atoms with Gasteiger partial charge in [0.1, 0.15) is 0 Å². The first-order chi connectivity index (χ1) is 12.0. The molecule has 6 heteroatoms. The number of hydrogen-bond donors (Lipinski definition) is 2. The second-order valence-corrected chi connectivity index (χ2v) is 5.42. The van der Waals surface area contributed by atoms with E-state index in [-0.39, 0.29) is 17.4 Å². The standard InChI is InChI=1S/C19H20N2O4/c1-3-17(18(23)21-15-9-5-4-6-10-15)25-19(24)14-8-7-11-16(12-14)20-13(2)22/h4-12,17H,3H2,1-2H3,(H,20,22)(H,21,23)/t17-/m1/s1. The molecule has 0 fully saturated rings. The lowest BCUT2D eigenvalue weighted by molar-refractivity contribution is -0.124. The summed E-state index contributed by atoms with van der Waals surface area (Å²) in [5.41, 5.74) is 1.38. The second-order valence-electron chi connectivity index (χ2n) is 5.42. The molecule has 0 aliphatic carbocycles. The Kier molecular flexibility index (Phi) is 6.28. The molecular weight excluding hydrogens is 320 g/mol. The molecule has 2 amide bonds. The molecule has 1 atom stereocenters. The number of benzene rings is 2. The number of anilines is 2. The highest BCUT2D eigenvalue weighted by Gasteiger charge is 2.22. The van der Waals surface area contributed by atoms with Gasteiger partial charge in [0.05, 0.1) is 5.56 Å². The van der Waals surface area contributed by atoms with E-state index in [1.54, 1.807) is 49.4 Å². The zero-order chi connectivity index (χ0) is 18.2. The molecule has 2 N–H and O–H groups in total. The maximum Gasteiger partial charge on any atom is 0.338 e. The fraction of sp³-hybridized carbons (Fsp3) is 0.211. The average Bonchev–Trinajstić information content (AvgIpc) is 2.60. The maximum atomic E-state index is 12.3. The first-order valence-corrected chi connectivity index (χ1v) is 7.94. The average molecular weight is 340 g/mol. The first-order valence-electron chi connectivity index (χ1n) is 7.94. The van der Waals surface area contributed by atoms with Crippen LogP contribution < -0.4 is 10.6 Å². The number of carbonyl (C=O) groups is 3. The molecule has 0 radical (unpaired) electrons. The van der Waals surface area contributed by atoms with E-state index in [0.717, 1.165) is 0 Å². The Bertz CT molecular complexity index is 759. The van der Waals surface area contributed by atoms with Gasteiger partial charge in [-0.05, 0) is 36.8 Å². The van der Waals surface area contributed by atoms with Crippen LogP contribution in [0.1, 0.15) is 30.6 Å². The molecule has 0 aliphatic heterocycles. The van der Waals surface area contributed by atoms with E-state index in [2.05, 4.69) is 10.6 Å². The molecule has 6 nitrogen and oxygen atoms in total. The number of para-hydroxylation sites is 1. The van der Waals surface area contributed by atoms with Crippen LogP contribution in [0.2, 0.25) is 0 Å². The predicted molar refractivity (Wildman–Crippen MR) is 95.3 cm³/mol. The van der Waals surface area contributed by atoms with Crippen LogP contribution in [0.15, 0.2) is 54.6 Å². The van der Waals surface area contributed by atoms with Gasteiger partial charge in [0, 0.05) is 18.3 Å². The summed E-state index contributed by atoms with van der Waals surface area (Å²) in [4.78, 5) is 35.7. The van der Waals surface area contributed by atoms with Crippen molar-refractivity contribution in [2.45, 2.75) is 26.4 Å². The maximum absolute atomic E-state index is 12.3. The van der Waals surface area contributed by atoms with Crippen LogP contribution in [-0.4, -0.2) is 23.9 Å². The lowest BCUT2D eigenvalue weighted by atomic mass is 10.2. The van der Waals surface area contributed by atoms with Gasteiger partial charge in [0.25, 0.3) is 5.91 Å². The smallest absolute Gasteiger partial charge is 0.338 e. The van der Waals surface area contributed by atoms with Crippen LogP contribution in [0.5, 0.6) is 0 Å². The molecule has 0 heterocycles. The summed E-state index contributed by atoms with van der Waals surface area (Å²) >= 11 is 0. The van der Waals surface area contributed by atoms with E-state index in [0.29, 0.717) is 17.8 Å². The van der Waals surface area contributed by atoms with Crippen LogP contribution in [-0.2, 0) is 14.3 Å². The molecular formula is C19H20N2O4. The molecule has 2 rings (SSSR count). The second kappa shape index (κ2) is 8.63. The Balaban J connectivity index is 2.04. The summed E-state index contributed by atoms with van der Waals surface area (Å²) in [5.74, 6) is -1.25. The lowest BCUT2D eigenvalue weighted by Gasteiger charge is -2.16. The summed E-state index contributed by atoms with van der Waals surface area (Å²) in [5, 5.41) is 5.31. The fourth-order valence-electron chi connectivity index (χ4n) is 2.19. The van der Waals surface area contributed by atoms with Crippen molar-refractivity contribution in [1.82, 2.24) is 0 Å². The Morgan fingerprint density at radius 3 is 2.28 bits per heavy atom. The van der Waals surface area contributed by atoms with Crippen LogP contribution in [0, 0.1) is 0 Å². The molecule has 0 aromatic heterocycles. The molecule has 0 bridgehead atoms. The normalized spacial score (nSPS) is 11.3. The molecule has 0 aliphatic rings. The van der Waals surface area contributed by atoms with Crippen molar-refractivity contribution in [2.75, 3.05) is 10.6 Å². The van der Waals surface area contributed by atoms with E-state index in [4.69, 9.17) is 4.74 Å². The number of nitrogens with one attached hydrogen (secondary N) is 2. The minimum Gasteiger partial charge on any atom is -0.449 e. The van der Waals surface area contributed by atoms with Crippen LogP contribution in [0.3, 0.4) is 0 Å². The van der Waals surface area contributed by atoms with Gasteiger partial charge >= 0.3 is 5.97 Å². The van der Waals surface area contributed by atoms with Gasteiger partial charge in [0.15, 0.2) is 6.10 Å². The number of esters is 1. The third-order valence-corrected chi connectivity index (χ3v) is 3.37. The minimum atomic E-state index is -0.905. The summed E-state index contributed by atoms with van der Waals surface area (Å²) in [6, 6.07) is 15.3. The number of hydrogen-bond acceptors (Lipinski definition) is 4. The van der Waals surface area contributed by atoms with Crippen molar-refractivity contribution in [1.29, 1.82) is 0 Å². The molecule has 0 saturated heterocycles.